The highest BCUT2D eigenvalue weighted by molar-refractivity contribution is 6.29. The molecule has 2 aromatic heterocycles. The average Bonchev–Trinajstić information content (AvgIpc) is 2.81. The molecule has 0 bridgehead atoms. The van der Waals surface area contributed by atoms with Gasteiger partial charge in [-0.3, -0.25) is 14.5 Å². The molecule has 0 aromatic carbocycles. The van der Waals surface area contributed by atoms with Crippen LogP contribution in [0.4, 0.5) is 0 Å². The predicted molar refractivity (Wildman–Crippen MR) is 68.1 cm³/mol. The predicted octanol–water partition coefficient (Wildman–Crippen LogP) is 0.419. The molecule has 1 unspecified atom stereocenters. The molecule has 20 heavy (non-hydrogen) atoms. The number of rotatable bonds is 4. The van der Waals surface area contributed by atoms with Gasteiger partial charge in [-0.25, -0.2) is 9.78 Å². The first kappa shape index (κ1) is 13.9. The van der Waals surface area contributed by atoms with Crippen molar-refractivity contribution in [1.29, 1.82) is 0 Å². The SMILES string of the molecule is Cn1cc(C(NC(=O)c2cncc(Cl)n2)C(=O)O)cn1. The molecular weight excluding hydrogens is 286 g/mol. The Labute approximate surface area is 118 Å². The van der Waals surface area contributed by atoms with Crippen molar-refractivity contribution in [2.24, 2.45) is 7.05 Å². The van der Waals surface area contributed by atoms with Crippen molar-refractivity contribution in [3.63, 3.8) is 0 Å². The molecule has 2 heterocycles. The monoisotopic (exact) mass is 295 g/mol. The summed E-state index contributed by atoms with van der Waals surface area (Å²) >= 11 is 5.63. The van der Waals surface area contributed by atoms with Gasteiger partial charge in [0.05, 0.1) is 18.6 Å². The highest BCUT2D eigenvalue weighted by Gasteiger charge is 2.24. The minimum absolute atomic E-state index is 0.0471. The molecule has 2 aromatic rings. The van der Waals surface area contributed by atoms with Gasteiger partial charge in [-0.05, 0) is 0 Å². The number of nitrogens with one attached hydrogen (secondary N) is 1. The van der Waals surface area contributed by atoms with Gasteiger partial charge in [-0.15, -0.1) is 0 Å². The van der Waals surface area contributed by atoms with Crippen LogP contribution in [0.3, 0.4) is 0 Å². The number of carbonyl (C=O) groups is 2. The standard InChI is InChI=1S/C11H10ClN5O3/c1-17-5-6(2-14-17)9(11(19)20)16-10(18)7-3-13-4-8(12)15-7/h2-5,9H,1H3,(H,16,18)(H,19,20). The molecule has 0 radical (unpaired) electrons. The van der Waals surface area contributed by atoms with Crippen molar-refractivity contribution in [2.75, 3.05) is 0 Å². The maximum absolute atomic E-state index is 11.9. The number of nitrogens with zero attached hydrogens (tertiary/aromatic N) is 4. The van der Waals surface area contributed by atoms with Crippen LogP contribution in [-0.4, -0.2) is 36.7 Å². The summed E-state index contributed by atoms with van der Waals surface area (Å²) in [6.45, 7) is 0. The van der Waals surface area contributed by atoms with E-state index in [-0.39, 0.29) is 10.8 Å². The van der Waals surface area contributed by atoms with Gasteiger partial charge in [0.25, 0.3) is 5.91 Å². The number of hydrogen-bond donors (Lipinski definition) is 2. The number of aliphatic carboxylic acids is 1. The molecule has 0 spiro atoms. The summed E-state index contributed by atoms with van der Waals surface area (Å²) < 4.78 is 1.44. The Morgan fingerprint density at radius 2 is 2.15 bits per heavy atom. The van der Waals surface area contributed by atoms with Crippen LogP contribution in [0.5, 0.6) is 0 Å². The molecule has 0 fully saturated rings. The van der Waals surface area contributed by atoms with Gasteiger partial charge in [0.2, 0.25) is 0 Å². The normalized spacial score (nSPS) is 11.9. The Morgan fingerprint density at radius 3 is 2.70 bits per heavy atom. The zero-order valence-corrected chi connectivity index (χ0v) is 11.1. The minimum atomic E-state index is -1.23. The third-order valence-electron chi connectivity index (χ3n) is 2.42. The summed E-state index contributed by atoms with van der Waals surface area (Å²) in [6, 6.07) is -1.23. The van der Waals surface area contributed by atoms with Gasteiger partial charge < -0.3 is 10.4 Å². The second kappa shape index (κ2) is 5.66. The van der Waals surface area contributed by atoms with Gasteiger partial charge in [0.15, 0.2) is 6.04 Å². The third-order valence-corrected chi connectivity index (χ3v) is 2.60. The molecule has 8 nitrogen and oxygen atoms in total. The Bertz CT molecular complexity index is 657. The molecule has 1 amide bonds. The Kier molecular flexibility index (Phi) is 3.94. The van der Waals surface area contributed by atoms with Gasteiger partial charge in [0.1, 0.15) is 10.8 Å². The smallest absolute Gasteiger partial charge is 0.331 e. The lowest BCUT2D eigenvalue weighted by molar-refractivity contribution is -0.139. The number of carboxylic acids is 1. The topological polar surface area (TPSA) is 110 Å². The maximum atomic E-state index is 11.9. The Morgan fingerprint density at radius 1 is 1.40 bits per heavy atom. The van der Waals surface area contributed by atoms with E-state index in [0.717, 1.165) is 0 Å². The molecule has 0 aliphatic heterocycles. The second-order valence-electron chi connectivity index (χ2n) is 3.92. The summed E-state index contributed by atoms with van der Waals surface area (Å²) in [6.07, 6.45) is 5.34. The van der Waals surface area contributed by atoms with Crippen molar-refractivity contribution in [3.05, 3.63) is 41.2 Å². The number of carboxylic acid groups (broad SMARTS) is 1. The summed E-state index contributed by atoms with van der Waals surface area (Å²) in [5, 5.41) is 15.4. The number of aromatic nitrogens is 4. The van der Waals surface area contributed by atoms with Crippen molar-refractivity contribution in [2.45, 2.75) is 6.04 Å². The van der Waals surface area contributed by atoms with E-state index in [0.29, 0.717) is 5.56 Å². The number of hydrogen-bond acceptors (Lipinski definition) is 5. The van der Waals surface area contributed by atoms with Crippen LogP contribution in [0.1, 0.15) is 22.1 Å². The van der Waals surface area contributed by atoms with Gasteiger partial charge in [-0.2, -0.15) is 5.10 Å². The van der Waals surface area contributed by atoms with Crippen LogP contribution < -0.4 is 5.32 Å². The van der Waals surface area contributed by atoms with Crippen molar-refractivity contribution in [1.82, 2.24) is 25.1 Å². The summed E-state index contributed by atoms with van der Waals surface area (Å²) in [5.41, 5.74) is 0.288. The molecule has 9 heteroatoms. The molecular formula is C11H10ClN5O3. The molecule has 2 rings (SSSR count). The maximum Gasteiger partial charge on any atom is 0.331 e. The van der Waals surface area contributed by atoms with Crippen LogP contribution >= 0.6 is 11.6 Å². The first-order valence-electron chi connectivity index (χ1n) is 5.47. The van der Waals surface area contributed by atoms with E-state index in [1.165, 1.54) is 29.5 Å². The van der Waals surface area contributed by atoms with Crippen molar-refractivity contribution >= 4 is 23.5 Å². The van der Waals surface area contributed by atoms with E-state index in [9.17, 15) is 14.7 Å². The number of carbonyl (C=O) groups excluding carboxylic acids is 1. The van der Waals surface area contributed by atoms with E-state index < -0.39 is 17.9 Å². The van der Waals surface area contributed by atoms with Crippen LogP contribution in [0, 0.1) is 0 Å². The van der Waals surface area contributed by atoms with Crippen LogP contribution in [0.2, 0.25) is 5.15 Å². The fraction of sp³-hybridized carbons (Fsp3) is 0.182. The van der Waals surface area contributed by atoms with Gasteiger partial charge in [-0.1, -0.05) is 11.6 Å². The van der Waals surface area contributed by atoms with E-state index in [4.69, 9.17) is 11.6 Å². The average molecular weight is 296 g/mol. The molecule has 0 saturated heterocycles. The minimum Gasteiger partial charge on any atom is -0.479 e. The molecule has 2 N–H and O–H groups in total. The van der Waals surface area contributed by atoms with E-state index in [2.05, 4.69) is 20.4 Å². The lowest BCUT2D eigenvalue weighted by atomic mass is 10.1. The quantitative estimate of drug-likeness (QED) is 0.846. The summed E-state index contributed by atoms with van der Waals surface area (Å²) in [7, 11) is 1.65. The summed E-state index contributed by atoms with van der Waals surface area (Å²) in [5.74, 6) is -1.89. The first-order chi connectivity index (χ1) is 9.47. The number of aryl methyl sites for hydroxylation is 1. The van der Waals surface area contributed by atoms with E-state index in [1.54, 1.807) is 7.05 Å². The lowest BCUT2D eigenvalue weighted by Crippen LogP contribution is -2.34. The molecule has 1 atom stereocenters. The zero-order valence-electron chi connectivity index (χ0n) is 10.3. The largest absolute Gasteiger partial charge is 0.479 e. The van der Waals surface area contributed by atoms with Gasteiger partial charge in [0, 0.05) is 18.8 Å². The molecule has 0 saturated carbocycles. The fourth-order valence-electron chi connectivity index (χ4n) is 1.53. The Hall–Kier alpha value is -2.48. The van der Waals surface area contributed by atoms with Crippen LogP contribution in [0.15, 0.2) is 24.8 Å². The third kappa shape index (κ3) is 3.09. The fourth-order valence-corrected chi connectivity index (χ4v) is 1.68. The first-order valence-corrected chi connectivity index (χ1v) is 5.85. The van der Waals surface area contributed by atoms with Crippen LogP contribution in [-0.2, 0) is 11.8 Å². The van der Waals surface area contributed by atoms with Crippen LogP contribution in [0.25, 0.3) is 0 Å². The number of halogens is 1. The second-order valence-corrected chi connectivity index (χ2v) is 4.31. The van der Waals surface area contributed by atoms with Gasteiger partial charge >= 0.3 is 5.97 Å². The van der Waals surface area contributed by atoms with Crippen molar-refractivity contribution in [3.8, 4) is 0 Å². The summed E-state index contributed by atoms with van der Waals surface area (Å²) in [4.78, 5) is 30.6. The van der Waals surface area contributed by atoms with E-state index >= 15 is 0 Å². The van der Waals surface area contributed by atoms with E-state index in [1.807, 2.05) is 0 Å². The Balaban J connectivity index is 2.21. The van der Waals surface area contributed by atoms with Crippen molar-refractivity contribution < 1.29 is 14.7 Å². The zero-order chi connectivity index (χ0) is 14.7. The lowest BCUT2D eigenvalue weighted by Gasteiger charge is -2.12. The highest BCUT2D eigenvalue weighted by Crippen LogP contribution is 2.13. The highest BCUT2D eigenvalue weighted by atomic mass is 35.5. The molecule has 0 aliphatic rings. The molecule has 0 aliphatic carbocycles. The molecule has 104 valence electrons. The number of amides is 1.